The van der Waals surface area contributed by atoms with Gasteiger partial charge in [-0.15, -0.1) is 0 Å². The summed E-state index contributed by atoms with van der Waals surface area (Å²) in [6.07, 6.45) is 9.11. The minimum Gasteiger partial charge on any atom is -0.507 e. The van der Waals surface area contributed by atoms with Crippen LogP contribution in [0.2, 0.25) is 5.02 Å². The number of phenols is 1. The van der Waals surface area contributed by atoms with Crippen molar-refractivity contribution in [3.05, 3.63) is 65.4 Å². The van der Waals surface area contributed by atoms with Crippen molar-refractivity contribution in [1.82, 2.24) is 9.97 Å². The molecule has 2 N–H and O–H groups in total. The van der Waals surface area contributed by atoms with Gasteiger partial charge in [0, 0.05) is 11.8 Å². The second kappa shape index (κ2) is 10.1. The highest BCUT2D eigenvalue weighted by atomic mass is 35.5. The van der Waals surface area contributed by atoms with Crippen molar-refractivity contribution in [2.45, 2.75) is 42.9 Å². The molecule has 0 saturated heterocycles. The molecule has 1 heterocycles. The Kier molecular flexibility index (Phi) is 7.19. The molecule has 3 aromatic rings. The molecule has 1 amide bonds. The van der Waals surface area contributed by atoms with Crippen LogP contribution in [0.15, 0.2) is 59.8 Å². The summed E-state index contributed by atoms with van der Waals surface area (Å²) in [5.74, 6) is 0.0474. The molecule has 34 heavy (non-hydrogen) atoms. The molecule has 9 heteroatoms. The van der Waals surface area contributed by atoms with E-state index in [2.05, 4.69) is 15.3 Å². The fourth-order valence-electron chi connectivity index (χ4n) is 4.44. The van der Waals surface area contributed by atoms with Crippen LogP contribution in [0, 0.1) is 5.92 Å². The first-order valence-electron chi connectivity index (χ1n) is 11.1. The number of phenolic OH excluding ortho intramolecular Hbond substituents is 1. The summed E-state index contributed by atoms with van der Waals surface area (Å²) >= 11 is 6.27. The van der Waals surface area contributed by atoms with E-state index in [1.807, 2.05) is 0 Å². The Labute approximate surface area is 204 Å². The van der Waals surface area contributed by atoms with Crippen molar-refractivity contribution in [3.8, 4) is 17.0 Å². The summed E-state index contributed by atoms with van der Waals surface area (Å²) in [5.41, 5.74) is 1.70. The summed E-state index contributed by atoms with van der Waals surface area (Å²) in [7, 11) is -3.47. The molecule has 0 bridgehead atoms. The molecule has 2 aromatic carbocycles. The van der Waals surface area contributed by atoms with Crippen molar-refractivity contribution in [3.63, 3.8) is 0 Å². The first kappa shape index (κ1) is 24.2. The Morgan fingerprint density at radius 3 is 2.50 bits per heavy atom. The topological polar surface area (TPSA) is 109 Å². The quantitative estimate of drug-likeness (QED) is 0.462. The zero-order valence-electron chi connectivity index (χ0n) is 18.7. The van der Waals surface area contributed by atoms with Gasteiger partial charge in [-0.1, -0.05) is 55.5 Å². The van der Waals surface area contributed by atoms with Gasteiger partial charge >= 0.3 is 0 Å². The van der Waals surface area contributed by atoms with Gasteiger partial charge in [0.2, 0.25) is 5.91 Å². The average molecular weight is 500 g/mol. The molecular weight excluding hydrogens is 474 g/mol. The predicted molar refractivity (Wildman–Crippen MR) is 132 cm³/mol. The van der Waals surface area contributed by atoms with E-state index in [4.69, 9.17) is 11.6 Å². The lowest BCUT2D eigenvalue weighted by molar-refractivity contribution is -0.118. The van der Waals surface area contributed by atoms with Crippen LogP contribution < -0.4 is 5.32 Å². The fourth-order valence-corrected chi connectivity index (χ4v) is 5.78. The molecule has 1 atom stereocenters. The number of rotatable bonds is 7. The number of nitrogens with one attached hydrogen (secondary N) is 1. The van der Waals surface area contributed by atoms with Gasteiger partial charge in [-0.2, -0.15) is 0 Å². The SMILES string of the molecule is CS(=O)(=O)c1ccc([C@@H](CC2CCCC2)C(=O)Nc2cnc(-c3ccccc3O)cn2)cc1Cl. The molecule has 1 fully saturated rings. The van der Waals surface area contributed by atoms with Gasteiger partial charge in [0.15, 0.2) is 15.7 Å². The molecule has 1 aliphatic carbocycles. The smallest absolute Gasteiger partial charge is 0.233 e. The van der Waals surface area contributed by atoms with E-state index in [0.29, 0.717) is 35.0 Å². The first-order chi connectivity index (χ1) is 16.2. The molecule has 4 rings (SSSR count). The van der Waals surface area contributed by atoms with Gasteiger partial charge < -0.3 is 10.4 Å². The normalized spacial score (nSPS) is 15.2. The molecular formula is C25H26ClN3O4S. The number of para-hydroxylation sites is 1. The van der Waals surface area contributed by atoms with Crippen LogP contribution >= 0.6 is 11.6 Å². The monoisotopic (exact) mass is 499 g/mol. The van der Waals surface area contributed by atoms with Gasteiger partial charge in [0.25, 0.3) is 0 Å². The Morgan fingerprint density at radius 2 is 1.88 bits per heavy atom. The lowest BCUT2D eigenvalue weighted by atomic mass is 9.87. The van der Waals surface area contributed by atoms with E-state index in [1.54, 1.807) is 36.4 Å². The Balaban J connectivity index is 1.57. The predicted octanol–water partition coefficient (Wildman–Crippen LogP) is 5.21. The number of carbonyl (C=O) groups is 1. The summed E-state index contributed by atoms with van der Waals surface area (Å²) in [4.78, 5) is 22.0. The number of carbonyl (C=O) groups excluding carboxylic acids is 1. The van der Waals surface area contributed by atoms with Crippen molar-refractivity contribution in [2.24, 2.45) is 5.92 Å². The lowest BCUT2D eigenvalue weighted by Crippen LogP contribution is -2.24. The minimum atomic E-state index is -3.47. The van der Waals surface area contributed by atoms with Gasteiger partial charge in [0.05, 0.1) is 33.9 Å². The van der Waals surface area contributed by atoms with Gasteiger partial charge in [-0.05, 0) is 42.2 Å². The lowest BCUT2D eigenvalue weighted by Gasteiger charge is -2.21. The number of hydrogen-bond donors (Lipinski definition) is 2. The Bertz CT molecular complexity index is 1290. The molecule has 178 valence electrons. The maximum absolute atomic E-state index is 13.3. The van der Waals surface area contributed by atoms with Crippen LogP contribution in [0.25, 0.3) is 11.3 Å². The zero-order valence-corrected chi connectivity index (χ0v) is 20.3. The van der Waals surface area contributed by atoms with Crippen molar-refractivity contribution >= 4 is 33.2 Å². The van der Waals surface area contributed by atoms with Crippen molar-refractivity contribution < 1.29 is 18.3 Å². The van der Waals surface area contributed by atoms with Crippen LogP contribution in [0.1, 0.15) is 43.6 Å². The highest BCUT2D eigenvalue weighted by Gasteiger charge is 2.28. The number of benzene rings is 2. The molecule has 0 spiro atoms. The van der Waals surface area contributed by atoms with Crippen molar-refractivity contribution in [1.29, 1.82) is 0 Å². The third-order valence-electron chi connectivity index (χ3n) is 6.20. The maximum Gasteiger partial charge on any atom is 0.233 e. The van der Waals surface area contributed by atoms with E-state index < -0.39 is 15.8 Å². The molecule has 0 radical (unpaired) electrons. The third kappa shape index (κ3) is 5.56. The molecule has 1 aliphatic rings. The van der Waals surface area contributed by atoms with E-state index in [9.17, 15) is 18.3 Å². The number of anilines is 1. The molecule has 0 unspecified atom stereocenters. The first-order valence-corrected chi connectivity index (χ1v) is 13.4. The number of halogens is 1. The molecule has 0 aliphatic heterocycles. The van der Waals surface area contributed by atoms with Gasteiger partial charge in [-0.25, -0.2) is 13.4 Å². The summed E-state index contributed by atoms with van der Waals surface area (Å²) in [6, 6.07) is 11.5. The average Bonchev–Trinajstić information content (AvgIpc) is 3.31. The highest BCUT2D eigenvalue weighted by molar-refractivity contribution is 7.90. The largest absolute Gasteiger partial charge is 0.507 e. The highest BCUT2D eigenvalue weighted by Crippen LogP contribution is 2.36. The van der Waals surface area contributed by atoms with Gasteiger partial charge in [0.1, 0.15) is 5.75 Å². The van der Waals surface area contributed by atoms with Crippen molar-refractivity contribution in [2.75, 3.05) is 11.6 Å². The van der Waals surface area contributed by atoms with Crippen LogP contribution in [-0.4, -0.2) is 35.7 Å². The summed E-state index contributed by atoms with van der Waals surface area (Å²) < 4.78 is 23.9. The number of aromatic hydroxyl groups is 1. The summed E-state index contributed by atoms with van der Waals surface area (Å²) in [6.45, 7) is 0. The van der Waals surface area contributed by atoms with E-state index in [0.717, 1.165) is 31.9 Å². The van der Waals surface area contributed by atoms with Gasteiger partial charge in [-0.3, -0.25) is 9.78 Å². The van der Waals surface area contributed by atoms with Crippen LogP contribution in [0.3, 0.4) is 0 Å². The zero-order chi connectivity index (χ0) is 24.3. The second-order valence-corrected chi connectivity index (χ2v) is 11.1. The minimum absolute atomic E-state index is 0.0450. The molecule has 7 nitrogen and oxygen atoms in total. The maximum atomic E-state index is 13.3. The Hall–Kier alpha value is -2.97. The third-order valence-corrected chi connectivity index (χ3v) is 7.78. The van der Waals surface area contributed by atoms with Crippen LogP contribution in [0.4, 0.5) is 5.82 Å². The number of aromatic nitrogens is 2. The number of sulfone groups is 1. The number of amides is 1. The van der Waals surface area contributed by atoms with E-state index in [1.165, 1.54) is 18.5 Å². The molecule has 1 saturated carbocycles. The van der Waals surface area contributed by atoms with Crippen LogP contribution in [0.5, 0.6) is 5.75 Å². The molecule has 1 aromatic heterocycles. The summed E-state index contributed by atoms with van der Waals surface area (Å²) in [5, 5.41) is 13.0. The van der Waals surface area contributed by atoms with E-state index >= 15 is 0 Å². The van der Waals surface area contributed by atoms with E-state index in [-0.39, 0.29) is 21.6 Å². The van der Waals surface area contributed by atoms with Crippen LogP contribution in [-0.2, 0) is 14.6 Å². The number of hydrogen-bond acceptors (Lipinski definition) is 6. The number of nitrogens with zero attached hydrogens (tertiary/aromatic N) is 2. The standard InChI is InChI=1S/C25H26ClN3O4S/c1-34(32,33)23-11-10-17(13-20(23)26)19(12-16-6-2-3-7-16)25(31)29-24-15-27-21(14-28-24)18-8-4-5-9-22(18)30/h4-5,8-11,13-16,19,30H,2-3,6-7,12H2,1H3,(H,28,29,31)/t19-/m1/s1. The fraction of sp³-hybridized carbons (Fsp3) is 0.320. The second-order valence-electron chi connectivity index (χ2n) is 8.69. The Morgan fingerprint density at radius 1 is 1.15 bits per heavy atom.